The maximum Gasteiger partial charge on any atom is 0.207 e. The fraction of sp³-hybridized carbons (Fsp3) is 0.154. The van der Waals surface area contributed by atoms with E-state index in [0.717, 1.165) is 15.7 Å². The van der Waals surface area contributed by atoms with Gasteiger partial charge in [0.2, 0.25) is 5.56 Å². The van der Waals surface area contributed by atoms with E-state index in [4.69, 9.17) is 0 Å². The summed E-state index contributed by atoms with van der Waals surface area (Å²) >= 11 is 5.44. The SMILES string of the molecule is CCn1c(-c2ccc(Br)cc2)[c-]cc(I)c1=O.[Y]. The van der Waals surface area contributed by atoms with Gasteiger partial charge in [-0.25, -0.2) is 0 Å². The Bertz CT molecular complexity index is 595. The van der Waals surface area contributed by atoms with E-state index in [-0.39, 0.29) is 38.3 Å². The van der Waals surface area contributed by atoms with Gasteiger partial charge in [-0.3, -0.25) is 4.79 Å². The molecule has 1 heterocycles. The molecule has 0 saturated carbocycles. The monoisotopic (exact) mass is 491 g/mol. The third-order valence-corrected chi connectivity index (χ3v) is 3.79. The van der Waals surface area contributed by atoms with E-state index in [0.29, 0.717) is 10.1 Å². The predicted molar refractivity (Wildman–Crippen MR) is 81.1 cm³/mol. The standard InChI is InChI=1S/C13H10BrINO.Y/c1-2-16-12(8-7-11(15)13(16)17)9-3-5-10(14)6-4-9;/h3-7H,2H2,1H3;/q-1;. The summed E-state index contributed by atoms with van der Waals surface area (Å²) in [5.74, 6) is 0. The summed E-state index contributed by atoms with van der Waals surface area (Å²) in [6.45, 7) is 2.62. The first kappa shape index (κ1) is 16.5. The van der Waals surface area contributed by atoms with Gasteiger partial charge in [-0.15, -0.1) is 34.7 Å². The molecule has 0 spiro atoms. The first-order chi connectivity index (χ1) is 8.13. The average Bonchev–Trinajstić information content (AvgIpc) is 2.34. The molecule has 0 aliphatic rings. The molecule has 2 nitrogen and oxygen atoms in total. The molecule has 0 amide bonds. The molecule has 0 aliphatic carbocycles. The Hall–Kier alpha value is 0.484. The zero-order valence-electron chi connectivity index (χ0n) is 9.78. The molecular formula is C13H10BrINOY-. The molecule has 1 aromatic carbocycles. The van der Waals surface area contributed by atoms with Crippen molar-refractivity contribution < 1.29 is 32.7 Å². The third-order valence-electron chi connectivity index (χ3n) is 2.49. The van der Waals surface area contributed by atoms with E-state index in [2.05, 4.69) is 22.0 Å². The number of aromatic nitrogens is 1. The van der Waals surface area contributed by atoms with E-state index in [1.807, 2.05) is 53.8 Å². The van der Waals surface area contributed by atoms with Gasteiger partial charge in [-0.2, -0.15) is 12.1 Å². The molecule has 1 aromatic heterocycles. The van der Waals surface area contributed by atoms with Crippen molar-refractivity contribution in [3.63, 3.8) is 0 Å². The number of rotatable bonds is 2. The first-order valence-corrected chi connectivity index (χ1v) is 7.07. The smallest absolute Gasteiger partial charge is 0.207 e. The fourth-order valence-electron chi connectivity index (χ4n) is 1.65. The van der Waals surface area contributed by atoms with Crippen molar-refractivity contribution in [2.24, 2.45) is 0 Å². The molecule has 0 aliphatic heterocycles. The first-order valence-electron chi connectivity index (χ1n) is 5.20. The molecule has 0 unspecified atom stereocenters. The van der Waals surface area contributed by atoms with Crippen LogP contribution in [0.5, 0.6) is 0 Å². The Balaban J connectivity index is 0.00000162. The number of pyridine rings is 1. The Morgan fingerprint density at radius 2 is 1.94 bits per heavy atom. The maximum atomic E-state index is 12.0. The topological polar surface area (TPSA) is 22.0 Å². The van der Waals surface area contributed by atoms with Crippen LogP contribution < -0.4 is 5.56 Å². The number of hydrogen-bond donors (Lipinski definition) is 0. The van der Waals surface area contributed by atoms with Crippen molar-refractivity contribution in [3.8, 4) is 11.3 Å². The number of nitrogens with zero attached hydrogens (tertiary/aromatic N) is 1. The van der Waals surface area contributed by atoms with Gasteiger partial charge in [0, 0.05) is 43.7 Å². The van der Waals surface area contributed by atoms with Gasteiger partial charge >= 0.3 is 0 Å². The van der Waals surface area contributed by atoms with Gasteiger partial charge in [0.15, 0.2) is 0 Å². The number of benzene rings is 1. The molecule has 91 valence electrons. The third kappa shape index (κ3) is 3.52. The largest absolute Gasteiger partial charge is 0.342 e. The van der Waals surface area contributed by atoms with Crippen molar-refractivity contribution in [3.05, 3.63) is 54.8 Å². The van der Waals surface area contributed by atoms with Gasteiger partial charge in [-0.05, 0) is 10.5 Å². The minimum atomic E-state index is 0. The van der Waals surface area contributed by atoms with Crippen molar-refractivity contribution in [2.75, 3.05) is 0 Å². The second-order valence-electron chi connectivity index (χ2n) is 3.54. The van der Waals surface area contributed by atoms with Crippen LogP contribution in [-0.4, -0.2) is 4.57 Å². The summed E-state index contributed by atoms with van der Waals surface area (Å²) in [6.07, 6.45) is 0. The van der Waals surface area contributed by atoms with Gasteiger partial charge in [0.25, 0.3) is 0 Å². The predicted octanol–water partition coefficient (Wildman–Crippen LogP) is 3.70. The summed E-state index contributed by atoms with van der Waals surface area (Å²) in [6, 6.07) is 12.8. The van der Waals surface area contributed by atoms with Gasteiger partial charge < -0.3 is 4.57 Å². The van der Waals surface area contributed by atoms with Crippen LogP contribution in [0.2, 0.25) is 0 Å². The van der Waals surface area contributed by atoms with E-state index >= 15 is 0 Å². The van der Waals surface area contributed by atoms with Gasteiger partial charge in [-0.1, -0.05) is 39.3 Å². The zero-order valence-corrected chi connectivity index (χ0v) is 16.4. The van der Waals surface area contributed by atoms with Crippen LogP contribution >= 0.6 is 38.5 Å². The molecule has 0 fully saturated rings. The summed E-state index contributed by atoms with van der Waals surface area (Å²) < 4.78 is 3.47. The minimum Gasteiger partial charge on any atom is -0.342 e. The van der Waals surface area contributed by atoms with Crippen LogP contribution in [0.15, 0.2) is 39.6 Å². The molecule has 2 rings (SSSR count). The van der Waals surface area contributed by atoms with E-state index in [1.165, 1.54) is 0 Å². The van der Waals surface area contributed by atoms with E-state index in [1.54, 1.807) is 10.6 Å². The number of halogens is 2. The van der Waals surface area contributed by atoms with Crippen molar-refractivity contribution in [1.82, 2.24) is 4.57 Å². The maximum absolute atomic E-state index is 12.0. The van der Waals surface area contributed by atoms with Crippen LogP contribution in [0, 0.1) is 9.64 Å². The molecule has 5 heteroatoms. The molecule has 0 atom stereocenters. The minimum absolute atomic E-state index is 0. The molecule has 0 N–H and O–H groups in total. The van der Waals surface area contributed by atoms with Crippen LogP contribution in [-0.2, 0) is 39.3 Å². The van der Waals surface area contributed by atoms with Gasteiger partial charge in [0.1, 0.15) is 0 Å². The van der Waals surface area contributed by atoms with E-state index < -0.39 is 0 Å². The van der Waals surface area contributed by atoms with Crippen LogP contribution in [0.4, 0.5) is 0 Å². The molecule has 18 heavy (non-hydrogen) atoms. The Labute approximate surface area is 153 Å². The van der Waals surface area contributed by atoms with Crippen LogP contribution in [0.1, 0.15) is 6.92 Å². The summed E-state index contributed by atoms with van der Waals surface area (Å²) in [7, 11) is 0. The Kier molecular flexibility index (Phi) is 6.72. The van der Waals surface area contributed by atoms with E-state index in [9.17, 15) is 4.79 Å². The molecule has 0 bridgehead atoms. The second kappa shape index (κ2) is 7.32. The quantitative estimate of drug-likeness (QED) is 0.464. The number of hydrogen-bond acceptors (Lipinski definition) is 1. The van der Waals surface area contributed by atoms with Crippen LogP contribution in [0.3, 0.4) is 0 Å². The zero-order chi connectivity index (χ0) is 12.4. The molecule has 1 radical (unpaired) electrons. The fourth-order valence-corrected chi connectivity index (χ4v) is 2.36. The van der Waals surface area contributed by atoms with Crippen molar-refractivity contribution in [2.45, 2.75) is 13.5 Å². The molecule has 0 saturated heterocycles. The summed E-state index contributed by atoms with van der Waals surface area (Å²) in [4.78, 5) is 12.0. The Morgan fingerprint density at radius 1 is 1.33 bits per heavy atom. The van der Waals surface area contributed by atoms with Crippen molar-refractivity contribution in [1.29, 1.82) is 0 Å². The second-order valence-corrected chi connectivity index (χ2v) is 5.62. The summed E-state index contributed by atoms with van der Waals surface area (Å²) in [5, 5.41) is 0. The van der Waals surface area contributed by atoms with Crippen LogP contribution in [0.25, 0.3) is 11.3 Å². The average molecular weight is 492 g/mol. The Morgan fingerprint density at radius 3 is 2.50 bits per heavy atom. The summed E-state index contributed by atoms with van der Waals surface area (Å²) in [5.41, 5.74) is 1.89. The normalized spacial score (nSPS) is 9.94. The van der Waals surface area contributed by atoms with Gasteiger partial charge in [0.05, 0.1) is 0 Å². The molecule has 2 aromatic rings. The molecular weight excluding hydrogens is 482 g/mol. The van der Waals surface area contributed by atoms with Crippen molar-refractivity contribution >= 4 is 38.5 Å².